The predicted molar refractivity (Wildman–Crippen MR) is 139 cm³/mol. The molecule has 0 bridgehead atoms. The molecule has 0 radical (unpaired) electrons. The van der Waals surface area contributed by atoms with Crippen LogP contribution in [-0.4, -0.2) is 64.8 Å². The first-order valence-corrected chi connectivity index (χ1v) is 12.2. The first kappa shape index (κ1) is 21.1. The van der Waals surface area contributed by atoms with Gasteiger partial charge in [-0.3, -0.25) is 0 Å². The number of H-pyrrole nitrogens is 1. The van der Waals surface area contributed by atoms with E-state index in [4.69, 9.17) is 0 Å². The van der Waals surface area contributed by atoms with Crippen molar-refractivity contribution in [3.8, 4) is 22.4 Å². The van der Waals surface area contributed by atoms with Crippen LogP contribution in [0, 0.1) is 13.8 Å². The normalized spacial score (nSPS) is 16.5. The molecule has 0 aliphatic carbocycles. The number of piperazine rings is 1. The van der Waals surface area contributed by atoms with Gasteiger partial charge < -0.3 is 20.1 Å². The van der Waals surface area contributed by atoms with E-state index in [1.54, 1.807) is 0 Å². The molecule has 0 saturated carbocycles. The van der Waals surface area contributed by atoms with Crippen molar-refractivity contribution in [1.29, 1.82) is 0 Å². The second-order valence-electron chi connectivity index (χ2n) is 9.71. The van der Waals surface area contributed by atoms with Crippen molar-refractivity contribution in [2.45, 2.75) is 26.7 Å². The summed E-state index contributed by atoms with van der Waals surface area (Å²) >= 11 is 0. The van der Waals surface area contributed by atoms with Crippen LogP contribution in [0.25, 0.3) is 33.4 Å². The van der Waals surface area contributed by atoms with E-state index < -0.39 is 0 Å². The Balaban J connectivity index is 1.37. The van der Waals surface area contributed by atoms with Gasteiger partial charge in [0, 0.05) is 72.9 Å². The Bertz CT molecular complexity index is 1340. The minimum atomic E-state index is 0.803. The Labute approximate surface area is 200 Å². The number of aromatic nitrogens is 4. The van der Waals surface area contributed by atoms with Crippen LogP contribution in [0.4, 0.5) is 11.5 Å². The lowest BCUT2D eigenvalue weighted by molar-refractivity contribution is 0.312. The van der Waals surface area contributed by atoms with E-state index in [1.807, 2.05) is 12.4 Å². The first-order chi connectivity index (χ1) is 16.6. The Morgan fingerprint density at radius 1 is 0.912 bits per heavy atom. The highest BCUT2D eigenvalue weighted by Crippen LogP contribution is 2.34. The quantitative estimate of drug-likeness (QED) is 0.479. The number of pyridine rings is 1. The molecule has 174 valence electrons. The van der Waals surface area contributed by atoms with Gasteiger partial charge in [-0.1, -0.05) is 0 Å². The Morgan fingerprint density at radius 2 is 1.71 bits per heavy atom. The van der Waals surface area contributed by atoms with Gasteiger partial charge in [0.1, 0.15) is 5.82 Å². The highest BCUT2D eigenvalue weighted by atomic mass is 15.2. The van der Waals surface area contributed by atoms with E-state index in [9.17, 15) is 0 Å². The average molecular weight is 454 g/mol. The molecule has 2 aliphatic heterocycles. The predicted octanol–water partition coefficient (Wildman–Crippen LogP) is 4.41. The Hall–Kier alpha value is -3.45. The van der Waals surface area contributed by atoms with Gasteiger partial charge in [0.2, 0.25) is 0 Å². The fraction of sp³-hybridized carbons (Fsp3) is 0.370. The number of likely N-dealkylation sites (N-methyl/N-ethyl adjacent to an activating group) is 1. The number of nitrogens with one attached hydrogen (secondary N) is 2. The molecule has 4 aromatic rings. The van der Waals surface area contributed by atoms with Crippen LogP contribution in [0.2, 0.25) is 0 Å². The first-order valence-electron chi connectivity index (χ1n) is 12.2. The number of nitrogens with zero attached hydrogens (tertiary/aromatic N) is 5. The number of fused-ring (bicyclic) bond motifs is 2. The molecule has 1 fully saturated rings. The maximum Gasteiger partial charge on any atom is 0.160 e. The smallest absolute Gasteiger partial charge is 0.160 e. The van der Waals surface area contributed by atoms with Crippen molar-refractivity contribution in [3.63, 3.8) is 0 Å². The van der Waals surface area contributed by atoms with Crippen molar-refractivity contribution < 1.29 is 0 Å². The molecule has 0 amide bonds. The van der Waals surface area contributed by atoms with Gasteiger partial charge in [0.05, 0.1) is 5.69 Å². The minimum Gasteiger partial charge on any atom is -0.370 e. The molecule has 1 aromatic carbocycles. The highest BCUT2D eigenvalue weighted by molar-refractivity contribution is 5.95. The number of anilines is 2. The van der Waals surface area contributed by atoms with E-state index in [1.165, 1.54) is 22.4 Å². The Morgan fingerprint density at radius 3 is 2.50 bits per heavy atom. The number of aryl methyl sites for hydroxylation is 3. The van der Waals surface area contributed by atoms with Crippen LogP contribution in [0.1, 0.15) is 23.1 Å². The molecule has 2 aliphatic rings. The summed E-state index contributed by atoms with van der Waals surface area (Å²) in [5.41, 5.74) is 10.3. The molecule has 3 aromatic heterocycles. The molecule has 7 nitrogen and oxygen atoms in total. The topological polar surface area (TPSA) is 73.0 Å². The molecule has 0 unspecified atom stereocenters. The summed E-state index contributed by atoms with van der Waals surface area (Å²) in [5.74, 6) is 1.02. The maximum absolute atomic E-state index is 4.68. The summed E-state index contributed by atoms with van der Waals surface area (Å²) in [6, 6.07) is 8.94. The highest BCUT2D eigenvalue weighted by Gasteiger charge is 2.19. The molecule has 5 heterocycles. The van der Waals surface area contributed by atoms with Crippen LogP contribution in [-0.2, 0) is 6.42 Å². The third kappa shape index (κ3) is 3.70. The van der Waals surface area contributed by atoms with Crippen LogP contribution in [0.5, 0.6) is 0 Å². The van der Waals surface area contributed by atoms with E-state index in [-0.39, 0.29) is 0 Å². The largest absolute Gasteiger partial charge is 0.370 e. The molecular weight excluding hydrogens is 422 g/mol. The van der Waals surface area contributed by atoms with Crippen LogP contribution in [0.3, 0.4) is 0 Å². The molecular formula is C27H31N7. The molecule has 0 atom stereocenters. The summed E-state index contributed by atoms with van der Waals surface area (Å²) in [6.45, 7) is 9.77. The SMILES string of the molecule is Cc1cc(-c2cc3c(-c4cnc5c(c4)CCCN5)c[nH]c3nn2)cc(C)c1N1CCN(C)CC1. The molecule has 34 heavy (non-hydrogen) atoms. The lowest BCUT2D eigenvalue weighted by Crippen LogP contribution is -2.45. The monoisotopic (exact) mass is 453 g/mol. The van der Waals surface area contributed by atoms with Crippen molar-refractivity contribution in [3.05, 3.63) is 53.3 Å². The summed E-state index contributed by atoms with van der Waals surface area (Å²) in [5, 5.41) is 13.6. The zero-order valence-corrected chi connectivity index (χ0v) is 20.1. The van der Waals surface area contributed by atoms with Crippen molar-refractivity contribution in [2.24, 2.45) is 0 Å². The maximum atomic E-state index is 4.68. The summed E-state index contributed by atoms with van der Waals surface area (Å²) in [4.78, 5) is 12.9. The molecule has 2 N–H and O–H groups in total. The lowest BCUT2D eigenvalue weighted by atomic mass is 9.99. The molecule has 7 heteroatoms. The zero-order valence-electron chi connectivity index (χ0n) is 20.1. The minimum absolute atomic E-state index is 0.803. The van der Waals surface area contributed by atoms with Gasteiger partial charge in [-0.05, 0) is 74.7 Å². The van der Waals surface area contributed by atoms with Crippen molar-refractivity contribution >= 4 is 22.5 Å². The van der Waals surface area contributed by atoms with E-state index >= 15 is 0 Å². The fourth-order valence-corrected chi connectivity index (χ4v) is 5.43. The second-order valence-corrected chi connectivity index (χ2v) is 9.71. The molecule has 1 saturated heterocycles. The lowest BCUT2D eigenvalue weighted by Gasteiger charge is -2.36. The van der Waals surface area contributed by atoms with Gasteiger partial charge in [-0.2, -0.15) is 0 Å². The van der Waals surface area contributed by atoms with Crippen molar-refractivity contribution in [1.82, 2.24) is 25.1 Å². The van der Waals surface area contributed by atoms with Crippen molar-refractivity contribution in [2.75, 3.05) is 50.0 Å². The van der Waals surface area contributed by atoms with Crippen LogP contribution >= 0.6 is 0 Å². The van der Waals surface area contributed by atoms with E-state index in [2.05, 4.69) is 80.4 Å². The number of benzene rings is 1. The average Bonchev–Trinajstić information content (AvgIpc) is 3.28. The summed E-state index contributed by atoms with van der Waals surface area (Å²) < 4.78 is 0. The number of aromatic amines is 1. The number of rotatable bonds is 3. The summed E-state index contributed by atoms with van der Waals surface area (Å²) in [6.07, 6.45) is 6.19. The zero-order chi connectivity index (χ0) is 23.2. The molecule has 6 rings (SSSR count). The standard InChI is InChI=1S/C27H31N7/c1-17-11-20(12-18(2)25(17)34-9-7-33(3)8-10-34)24-14-22-23(16-30-27(22)32-31-24)21-13-19-5-4-6-28-26(19)29-15-21/h11-16H,4-10H2,1-3H3,(H,28,29)(H,30,32). The van der Waals surface area contributed by atoms with Gasteiger partial charge in [0.15, 0.2) is 5.65 Å². The van der Waals surface area contributed by atoms with Gasteiger partial charge >= 0.3 is 0 Å². The third-order valence-corrected chi connectivity index (χ3v) is 7.24. The number of hydrogen-bond acceptors (Lipinski definition) is 6. The van der Waals surface area contributed by atoms with Crippen LogP contribution < -0.4 is 10.2 Å². The third-order valence-electron chi connectivity index (χ3n) is 7.24. The van der Waals surface area contributed by atoms with Gasteiger partial charge in [0.25, 0.3) is 0 Å². The summed E-state index contributed by atoms with van der Waals surface area (Å²) in [7, 11) is 2.20. The van der Waals surface area contributed by atoms with Crippen LogP contribution in [0.15, 0.2) is 36.7 Å². The van der Waals surface area contributed by atoms with E-state index in [0.717, 1.165) is 84.8 Å². The molecule has 0 spiro atoms. The van der Waals surface area contributed by atoms with Gasteiger partial charge in [-0.15, -0.1) is 10.2 Å². The second kappa shape index (κ2) is 8.40. The Kier molecular flexibility index (Phi) is 5.21. The van der Waals surface area contributed by atoms with Gasteiger partial charge in [-0.25, -0.2) is 4.98 Å². The number of hydrogen-bond donors (Lipinski definition) is 2. The fourth-order valence-electron chi connectivity index (χ4n) is 5.43. The van der Waals surface area contributed by atoms with E-state index in [0.29, 0.717) is 0 Å².